The maximum absolute atomic E-state index is 13.9. The van der Waals surface area contributed by atoms with Crippen LogP contribution in [0.1, 0.15) is 53.5 Å². The number of rotatable bonds is 7. The van der Waals surface area contributed by atoms with Gasteiger partial charge >= 0.3 is 12.1 Å². The predicted molar refractivity (Wildman–Crippen MR) is 166 cm³/mol. The molecule has 0 saturated carbocycles. The van der Waals surface area contributed by atoms with Crippen molar-refractivity contribution >= 4 is 17.7 Å². The molecule has 4 rings (SSSR count). The highest BCUT2D eigenvalue weighted by atomic mass is 16.6. The van der Waals surface area contributed by atoms with Crippen LogP contribution in [0.15, 0.2) is 72.9 Å². The molecule has 218 valence electrons. The number of hydrogen-bond donors (Lipinski definition) is 0. The molecule has 0 aliphatic heterocycles. The summed E-state index contributed by atoms with van der Waals surface area (Å²) in [4.78, 5) is 32.8. The number of carbonyl (C=O) groups is 2. The van der Waals surface area contributed by atoms with Gasteiger partial charge in [0.2, 0.25) is 0 Å². The third kappa shape index (κ3) is 6.62. The highest BCUT2D eigenvalue weighted by Gasteiger charge is 2.27. The molecule has 0 radical (unpaired) electrons. The van der Waals surface area contributed by atoms with Crippen LogP contribution in [0.25, 0.3) is 22.3 Å². The smallest absolute Gasteiger partial charge is 0.415 e. The van der Waals surface area contributed by atoms with Crippen molar-refractivity contribution in [3.63, 3.8) is 0 Å². The van der Waals surface area contributed by atoms with Crippen LogP contribution in [-0.2, 0) is 16.0 Å². The van der Waals surface area contributed by atoms with E-state index in [0.29, 0.717) is 22.5 Å². The lowest BCUT2D eigenvalue weighted by atomic mass is 9.93. The van der Waals surface area contributed by atoms with Gasteiger partial charge in [0, 0.05) is 23.0 Å². The maximum Gasteiger partial charge on any atom is 0.415 e. The van der Waals surface area contributed by atoms with Gasteiger partial charge in [-0.2, -0.15) is 0 Å². The summed E-state index contributed by atoms with van der Waals surface area (Å²) in [7, 11) is 2.99. The van der Waals surface area contributed by atoms with Crippen LogP contribution in [0, 0.1) is 20.8 Å². The highest BCUT2D eigenvalue weighted by Crippen LogP contribution is 2.36. The first kappa shape index (κ1) is 30.3. The first-order valence-corrected chi connectivity index (χ1v) is 13.8. The van der Waals surface area contributed by atoms with E-state index in [4.69, 9.17) is 14.2 Å². The molecule has 4 aromatic rings. The molecule has 0 saturated heterocycles. The Balaban J connectivity index is 1.98. The summed E-state index contributed by atoms with van der Waals surface area (Å²) >= 11 is 0. The van der Waals surface area contributed by atoms with Crippen LogP contribution in [-0.4, -0.2) is 36.9 Å². The fraction of sp³-hybridized carbons (Fsp3) is 0.286. The van der Waals surface area contributed by atoms with Gasteiger partial charge < -0.3 is 14.2 Å². The number of aryl methyl sites for hydroxylation is 2. The Kier molecular flexibility index (Phi) is 9.00. The first-order chi connectivity index (χ1) is 19.9. The van der Waals surface area contributed by atoms with E-state index >= 15 is 0 Å². The van der Waals surface area contributed by atoms with E-state index in [-0.39, 0.29) is 6.54 Å². The van der Waals surface area contributed by atoms with Gasteiger partial charge in [-0.1, -0.05) is 42.5 Å². The molecule has 7 heteroatoms. The predicted octanol–water partition coefficient (Wildman–Crippen LogP) is 8.08. The third-order valence-electron chi connectivity index (χ3n) is 7.00. The number of methoxy groups -OCH3 is 2. The highest BCUT2D eigenvalue weighted by molar-refractivity contribution is 5.99. The van der Waals surface area contributed by atoms with Crippen LogP contribution in [0.5, 0.6) is 5.75 Å². The van der Waals surface area contributed by atoms with Gasteiger partial charge in [0.25, 0.3) is 0 Å². The van der Waals surface area contributed by atoms with Gasteiger partial charge in [-0.15, -0.1) is 0 Å². The van der Waals surface area contributed by atoms with Gasteiger partial charge in [-0.25, -0.2) is 9.59 Å². The number of hydrogen-bond acceptors (Lipinski definition) is 6. The third-order valence-corrected chi connectivity index (χ3v) is 7.00. The molecule has 0 aliphatic rings. The molecule has 3 aromatic carbocycles. The molecular formula is C35H38N2O5. The molecule has 0 bridgehead atoms. The quantitative estimate of drug-likeness (QED) is 0.211. The molecule has 1 heterocycles. The van der Waals surface area contributed by atoms with E-state index in [1.54, 1.807) is 30.3 Å². The van der Waals surface area contributed by atoms with Crippen LogP contribution < -0.4 is 9.64 Å². The molecule has 1 amide bonds. The van der Waals surface area contributed by atoms with Gasteiger partial charge in [0.15, 0.2) is 0 Å². The molecule has 42 heavy (non-hydrogen) atoms. The Labute approximate surface area is 248 Å². The monoisotopic (exact) mass is 566 g/mol. The first-order valence-electron chi connectivity index (χ1n) is 13.8. The normalized spacial score (nSPS) is 11.1. The van der Waals surface area contributed by atoms with E-state index in [1.807, 2.05) is 96.1 Å². The molecule has 0 N–H and O–H groups in total. The molecular weight excluding hydrogens is 528 g/mol. The Morgan fingerprint density at radius 1 is 0.833 bits per heavy atom. The Bertz CT molecular complexity index is 1620. The molecule has 1 aromatic heterocycles. The van der Waals surface area contributed by atoms with Gasteiger partial charge in [0.1, 0.15) is 11.4 Å². The minimum atomic E-state index is -0.725. The lowest BCUT2D eigenvalue weighted by Gasteiger charge is -2.29. The summed E-state index contributed by atoms with van der Waals surface area (Å²) < 4.78 is 16.6. The number of carbonyl (C=O) groups excluding carboxylic acids is 2. The molecule has 0 unspecified atom stereocenters. The van der Waals surface area contributed by atoms with Crippen molar-refractivity contribution in [3.8, 4) is 28.0 Å². The minimum Gasteiger partial charge on any atom is -0.496 e. The van der Waals surface area contributed by atoms with E-state index in [1.165, 1.54) is 7.11 Å². The molecule has 0 fully saturated rings. The number of aromatic nitrogens is 1. The van der Waals surface area contributed by atoms with E-state index < -0.39 is 17.7 Å². The maximum atomic E-state index is 13.9. The van der Waals surface area contributed by atoms with Crippen molar-refractivity contribution in [1.29, 1.82) is 0 Å². The number of amides is 1. The topological polar surface area (TPSA) is 78.0 Å². The number of ether oxygens (including phenoxy) is 3. The summed E-state index contributed by atoms with van der Waals surface area (Å²) in [6.07, 6.45) is 1.23. The number of pyridine rings is 1. The van der Waals surface area contributed by atoms with E-state index in [9.17, 15) is 9.59 Å². The number of anilines is 1. The summed E-state index contributed by atoms with van der Waals surface area (Å²) in [5, 5.41) is 0. The molecule has 0 spiro atoms. The fourth-order valence-corrected chi connectivity index (χ4v) is 4.96. The molecule has 7 nitrogen and oxygen atoms in total. The minimum absolute atomic E-state index is 0.146. The van der Waals surface area contributed by atoms with Gasteiger partial charge in [-0.3, -0.25) is 9.88 Å². The zero-order valence-electron chi connectivity index (χ0n) is 25.6. The average molecular weight is 567 g/mol. The Morgan fingerprint density at radius 3 is 2.07 bits per heavy atom. The molecule has 0 aliphatic carbocycles. The van der Waals surface area contributed by atoms with E-state index in [2.05, 4.69) is 4.98 Å². The average Bonchev–Trinajstić information content (AvgIpc) is 2.95. The van der Waals surface area contributed by atoms with Crippen molar-refractivity contribution in [2.45, 2.75) is 53.7 Å². The second-order valence-electron chi connectivity index (χ2n) is 11.2. The lowest BCUT2D eigenvalue weighted by Crippen LogP contribution is -2.37. The van der Waals surface area contributed by atoms with Crippen LogP contribution in [0.4, 0.5) is 10.5 Å². The zero-order valence-corrected chi connectivity index (χ0v) is 25.6. The molecule has 0 atom stereocenters. The van der Waals surface area contributed by atoms with Gasteiger partial charge in [0.05, 0.1) is 32.0 Å². The van der Waals surface area contributed by atoms with Crippen molar-refractivity contribution in [2.24, 2.45) is 0 Å². The standard InChI is InChI=1S/C35H38N2O5/c1-22-13-9-10-14-28(22)25-17-26(29-15-11-12-16-30(29)33(38)41-8)19-27(18-25)37(34(39)42-35(4,5)6)21-31-24(3)32(40-7)23(2)20-36-31/h9-20H,21H2,1-8H3. The Hall–Kier alpha value is -4.65. The van der Waals surface area contributed by atoms with Crippen LogP contribution in [0.2, 0.25) is 0 Å². The number of benzene rings is 3. The summed E-state index contributed by atoms with van der Waals surface area (Å²) in [6, 6.07) is 21.2. The zero-order chi connectivity index (χ0) is 30.6. The van der Waals surface area contributed by atoms with Crippen molar-refractivity contribution in [3.05, 3.63) is 101 Å². The fourth-order valence-electron chi connectivity index (χ4n) is 4.96. The van der Waals surface area contributed by atoms with Crippen molar-refractivity contribution in [2.75, 3.05) is 19.1 Å². The van der Waals surface area contributed by atoms with Crippen LogP contribution in [0.3, 0.4) is 0 Å². The second kappa shape index (κ2) is 12.5. The van der Waals surface area contributed by atoms with Crippen molar-refractivity contribution in [1.82, 2.24) is 4.98 Å². The van der Waals surface area contributed by atoms with Crippen LogP contribution >= 0.6 is 0 Å². The van der Waals surface area contributed by atoms with Crippen molar-refractivity contribution < 1.29 is 23.8 Å². The van der Waals surface area contributed by atoms with E-state index in [0.717, 1.165) is 39.1 Å². The Morgan fingerprint density at radius 2 is 1.45 bits per heavy atom. The number of nitrogens with zero attached hydrogens (tertiary/aromatic N) is 2. The largest absolute Gasteiger partial charge is 0.496 e. The second-order valence-corrected chi connectivity index (χ2v) is 11.2. The summed E-state index contributed by atoms with van der Waals surface area (Å²) in [5.74, 6) is 0.287. The SMILES string of the molecule is COC(=O)c1ccccc1-c1cc(-c2ccccc2C)cc(N(Cc2ncc(C)c(OC)c2C)C(=O)OC(C)(C)C)c1. The summed E-state index contributed by atoms with van der Waals surface area (Å²) in [5.41, 5.74) is 7.15. The number of esters is 1. The summed E-state index contributed by atoms with van der Waals surface area (Å²) in [6.45, 7) is 11.6. The lowest BCUT2D eigenvalue weighted by molar-refractivity contribution is 0.0573. The van der Waals surface area contributed by atoms with Gasteiger partial charge in [-0.05, 0) is 93.6 Å².